The number of benzene rings is 2. The number of fused-ring (bicyclic) bond motifs is 2. The molecule has 0 saturated heterocycles. The number of nitrogens with one attached hydrogen (secondary N) is 1. The number of rotatable bonds is 5. The summed E-state index contributed by atoms with van der Waals surface area (Å²) in [5, 5.41) is 24.8. The third-order valence-electron chi connectivity index (χ3n) is 4.33. The third-order valence-corrected chi connectivity index (χ3v) is 6.18. The standard InChI is InChI=1S/C19H17N5O3S2/c1-3-20-13-8-4-6-11-16(13)14(10-15(17(11)25)29(2,26)27)22-23-19-12-7-5-9-21-18(12)24-28-19/h4-10,20,25H,3H2,1-2H3/b23-22+. The minimum Gasteiger partial charge on any atom is -0.506 e. The van der Waals surface area contributed by atoms with Gasteiger partial charge in [-0.15, -0.1) is 10.2 Å². The molecule has 0 aliphatic heterocycles. The second-order valence-corrected chi connectivity index (χ2v) is 9.07. The molecule has 0 amide bonds. The van der Waals surface area contributed by atoms with Crippen LogP contribution in [-0.4, -0.2) is 35.7 Å². The minimum atomic E-state index is -3.67. The van der Waals surface area contributed by atoms with Crippen LogP contribution in [0, 0.1) is 0 Å². The molecule has 148 valence electrons. The maximum Gasteiger partial charge on any atom is 0.179 e. The lowest BCUT2D eigenvalue weighted by atomic mass is 10.1. The van der Waals surface area contributed by atoms with Crippen LogP contribution in [0.25, 0.3) is 21.8 Å². The van der Waals surface area contributed by atoms with Gasteiger partial charge in [-0.05, 0) is 42.7 Å². The summed E-state index contributed by atoms with van der Waals surface area (Å²) in [6.07, 6.45) is 2.70. The number of azo groups is 1. The molecule has 0 saturated carbocycles. The van der Waals surface area contributed by atoms with Crippen LogP contribution in [0.1, 0.15) is 6.92 Å². The number of aromatic hydroxyl groups is 1. The molecule has 0 radical (unpaired) electrons. The van der Waals surface area contributed by atoms with Crippen molar-refractivity contribution in [2.45, 2.75) is 11.8 Å². The van der Waals surface area contributed by atoms with Crippen molar-refractivity contribution in [3.8, 4) is 5.75 Å². The highest BCUT2D eigenvalue weighted by Crippen LogP contribution is 2.43. The number of hydrogen-bond donors (Lipinski definition) is 2. The second kappa shape index (κ2) is 7.37. The number of aromatic nitrogens is 2. The Hall–Kier alpha value is -3.11. The van der Waals surface area contributed by atoms with Gasteiger partial charge < -0.3 is 10.4 Å². The molecule has 10 heteroatoms. The first kappa shape index (κ1) is 19.2. The van der Waals surface area contributed by atoms with Crippen molar-refractivity contribution in [3.63, 3.8) is 0 Å². The van der Waals surface area contributed by atoms with Crippen molar-refractivity contribution in [3.05, 3.63) is 42.6 Å². The summed E-state index contributed by atoms with van der Waals surface area (Å²) < 4.78 is 28.6. The van der Waals surface area contributed by atoms with Gasteiger partial charge >= 0.3 is 0 Å². The Bertz CT molecular complexity index is 1360. The van der Waals surface area contributed by atoms with Crippen molar-refractivity contribution in [1.82, 2.24) is 9.36 Å². The molecule has 2 aromatic carbocycles. The van der Waals surface area contributed by atoms with Gasteiger partial charge in [0.15, 0.2) is 20.5 Å². The summed E-state index contributed by atoms with van der Waals surface area (Å²) in [4.78, 5) is 3.99. The van der Waals surface area contributed by atoms with Crippen LogP contribution in [0.5, 0.6) is 5.75 Å². The Balaban J connectivity index is 1.97. The lowest BCUT2D eigenvalue weighted by molar-refractivity contribution is 0.466. The zero-order valence-electron chi connectivity index (χ0n) is 15.6. The van der Waals surface area contributed by atoms with Gasteiger partial charge in [0, 0.05) is 35.5 Å². The Labute approximate surface area is 171 Å². The van der Waals surface area contributed by atoms with Gasteiger partial charge in [-0.2, -0.15) is 4.37 Å². The number of nitrogens with zero attached hydrogens (tertiary/aromatic N) is 4. The van der Waals surface area contributed by atoms with Crippen LogP contribution >= 0.6 is 11.5 Å². The Morgan fingerprint density at radius 2 is 1.97 bits per heavy atom. The summed E-state index contributed by atoms with van der Waals surface area (Å²) in [7, 11) is -3.67. The first-order valence-electron chi connectivity index (χ1n) is 8.75. The van der Waals surface area contributed by atoms with Crippen molar-refractivity contribution in [1.29, 1.82) is 0 Å². The number of anilines is 1. The summed E-state index contributed by atoms with van der Waals surface area (Å²) in [6.45, 7) is 2.59. The van der Waals surface area contributed by atoms with Crippen LogP contribution in [0.15, 0.2) is 57.7 Å². The van der Waals surface area contributed by atoms with E-state index >= 15 is 0 Å². The van der Waals surface area contributed by atoms with Gasteiger partial charge in [0.2, 0.25) is 0 Å². The molecule has 0 aliphatic carbocycles. The Kier molecular flexibility index (Phi) is 4.89. The summed E-state index contributed by atoms with van der Waals surface area (Å²) >= 11 is 1.16. The zero-order valence-corrected chi connectivity index (χ0v) is 17.3. The normalized spacial score (nSPS) is 12.2. The van der Waals surface area contributed by atoms with Crippen LogP contribution in [0.2, 0.25) is 0 Å². The maximum atomic E-state index is 12.2. The SMILES string of the molecule is CCNc1cccc2c(O)c(S(C)(=O)=O)cc(/N=N/c3snc4ncccc34)c12. The molecule has 0 spiro atoms. The van der Waals surface area contributed by atoms with Crippen LogP contribution in [0.4, 0.5) is 16.4 Å². The van der Waals surface area contributed by atoms with E-state index in [0.717, 1.165) is 28.9 Å². The van der Waals surface area contributed by atoms with E-state index in [4.69, 9.17) is 0 Å². The molecule has 2 aromatic heterocycles. The van der Waals surface area contributed by atoms with Gasteiger partial charge in [0.05, 0.1) is 11.1 Å². The van der Waals surface area contributed by atoms with Crippen molar-refractivity contribution in [2.75, 3.05) is 18.1 Å². The van der Waals surface area contributed by atoms with Crippen molar-refractivity contribution in [2.24, 2.45) is 10.2 Å². The van der Waals surface area contributed by atoms with Crippen molar-refractivity contribution < 1.29 is 13.5 Å². The fourth-order valence-corrected chi connectivity index (χ4v) is 4.51. The molecule has 0 aliphatic rings. The number of phenols is 1. The molecule has 4 rings (SSSR count). The molecule has 8 nitrogen and oxygen atoms in total. The first-order chi connectivity index (χ1) is 13.9. The minimum absolute atomic E-state index is 0.191. The number of pyridine rings is 1. The van der Waals surface area contributed by atoms with Gasteiger partial charge in [-0.1, -0.05) is 12.1 Å². The van der Waals surface area contributed by atoms with E-state index in [0.29, 0.717) is 33.7 Å². The predicted octanol–water partition coefficient (Wildman–Crippen LogP) is 4.80. The van der Waals surface area contributed by atoms with Gasteiger partial charge in [0.1, 0.15) is 10.6 Å². The average Bonchev–Trinajstić information content (AvgIpc) is 3.10. The highest BCUT2D eigenvalue weighted by molar-refractivity contribution is 7.90. The smallest absolute Gasteiger partial charge is 0.179 e. The largest absolute Gasteiger partial charge is 0.506 e. The maximum absolute atomic E-state index is 12.2. The molecule has 0 unspecified atom stereocenters. The van der Waals surface area contributed by atoms with E-state index < -0.39 is 9.84 Å². The van der Waals surface area contributed by atoms with E-state index in [1.807, 2.05) is 19.1 Å². The molecular weight excluding hydrogens is 410 g/mol. The van der Waals surface area contributed by atoms with Crippen LogP contribution in [0.3, 0.4) is 0 Å². The van der Waals surface area contributed by atoms with Crippen molar-refractivity contribution >= 4 is 59.6 Å². The average molecular weight is 428 g/mol. The Morgan fingerprint density at radius 1 is 1.17 bits per heavy atom. The number of phenolic OH excluding ortho intramolecular Hbond substituents is 1. The fourth-order valence-electron chi connectivity index (χ4n) is 3.07. The van der Waals surface area contributed by atoms with E-state index in [9.17, 15) is 13.5 Å². The number of sulfone groups is 1. The third kappa shape index (κ3) is 3.52. The van der Waals surface area contributed by atoms with Gasteiger partial charge in [-0.3, -0.25) is 0 Å². The first-order valence-corrected chi connectivity index (χ1v) is 11.4. The topological polar surface area (TPSA) is 117 Å². The van der Waals surface area contributed by atoms with E-state index in [1.54, 1.807) is 24.4 Å². The lowest BCUT2D eigenvalue weighted by Crippen LogP contribution is -2.00. The van der Waals surface area contributed by atoms with E-state index in [2.05, 4.69) is 24.9 Å². The predicted molar refractivity (Wildman–Crippen MR) is 114 cm³/mol. The second-order valence-electron chi connectivity index (χ2n) is 6.34. The molecule has 0 atom stereocenters. The molecule has 2 heterocycles. The fraction of sp³-hybridized carbons (Fsp3) is 0.158. The zero-order chi connectivity index (χ0) is 20.6. The lowest BCUT2D eigenvalue weighted by Gasteiger charge is -2.13. The van der Waals surface area contributed by atoms with Gasteiger partial charge in [0.25, 0.3) is 0 Å². The number of hydrogen-bond acceptors (Lipinski definition) is 9. The molecule has 29 heavy (non-hydrogen) atoms. The monoisotopic (exact) mass is 427 g/mol. The molecule has 0 fully saturated rings. The molecule has 0 bridgehead atoms. The van der Waals surface area contributed by atoms with E-state index in [-0.39, 0.29) is 10.6 Å². The highest BCUT2D eigenvalue weighted by atomic mass is 32.2. The summed E-state index contributed by atoms with van der Waals surface area (Å²) in [6, 6.07) is 10.2. The highest BCUT2D eigenvalue weighted by Gasteiger charge is 2.20. The van der Waals surface area contributed by atoms with Gasteiger partial charge in [-0.25, -0.2) is 13.4 Å². The summed E-state index contributed by atoms with van der Waals surface area (Å²) in [5.74, 6) is -0.298. The molecule has 4 aromatic rings. The Morgan fingerprint density at radius 3 is 2.72 bits per heavy atom. The molecular formula is C19H17N5O3S2. The van der Waals surface area contributed by atoms with Crippen LogP contribution in [-0.2, 0) is 9.84 Å². The van der Waals surface area contributed by atoms with E-state index in [1.165, 1.54) is 6.07 Å². The van der Waals surface area contributed by atoms with Crippen LogP contribution < -0.4 is 5.32 Å². The molecule has 2 N–H and O–H groups in total. The quantitative estimate of drug-likeness (QED) is 0.442. The summed E-state index contributed by atoms with van der Waals surface area (Å²) in [5.41, 5.74) is 1.64.